The Morgan fingerprint density at radius 1 is 0.921 bits per heavy atom. The van der Waals surface area contributed by atoms with Gasteiger partial charge in [-0.25, -0.2) is 4.39 Å². The molecule has 204 valence electrons. The number of fused-ring (bicyclic) bond motifs is 1. The summed E-state index contributed by atoms with van der Waals surface area (Å²) in [4.78, 5) is 43.9. The molecule has 0 radical (unpaired) electrons. The van der Waals surface area contributed by atoms with Gasteiger partial charge in [-0.1, -0.05) is 57.1 Å². The summed E-state index contributed by atoms with van der Waals surface area (Å²) >= 11 is 0. The number of carbonyl (C=O) groups is 3. The Labute approximate surface area is 223 Å². The van der Waals surface area contributed by atoms with E-state index >= 15 is 0 Å². The number of ether oxygens (including phenoxy) is 1. The van der Waals surface area contributed by atoms with Gasteiger partial charge >= 0.3 is 0 Å². The molecule has 3 amide bonds. The number of nitrogens with one attached hydrogen (secondary N) is 2. The van der Waals surface area contributed by atoms with Crippen molar-refractivity contribution < 1.29 is 23.5 Å². The molecule has 3 heterocycles. The lowest BCUT2D eigenvalue weighted by molar-refractivity contribution is -0.147. The average Bonchev–Trinajstić information content (AvgIpc) is 3.34. The second kappa shape index (κ2) is 9.78. The van der Waals surface area contributed by atoms with Crippen LogP contribution in [-0.2, 0) is 19.1 Å². The number of likely N-dealkylation sites (tertiary alicyclic amines) is 1. The molecule has 8 heteroatoms. The normalized spacial score (nSPS) is 35.3. The molecule has 7 nitrogen and oxygen atoms in total. The first kappa shape index (κ1) is 25.5. The van der Waals surface area contributed by atoms with Crippen molar-refractivity contribution in [2.75, 3.05) is 5.32 Å². The first-order valence-corrected chi connectivity index (χ1v) is 14.4. The summed E-state index contributed by atoms with van der Waals surface area (Å²) in [6, 6.07) is 4.84. The van der Waals surface area contributed by atoms with Crippen LogP contribution in [-0.4, -0.2) is 51.9 Å². The summed E-state index contributed by atoms with van der Waals surface area (Å²) in [6.45, 7) is 1.82. The van der Waals surface area contributed by atoms with Crippen molar-refractivity contribution in [3.8, 4) is 0 Å². The standard InChI is InChI=1S/C30H38FN3O4/c1-29-17-18-30(38-29)24(23(29)26(35)32-21-15-13-19(31)14-16-21)28(37)34(22-11-7-2-3-8-12-22)25(30)27(36)33-20-9-5-4-6-10-20/h13-18,20,22-25H,2-12H2,1H3,(H,32,35)(H,33,36)/t23-,24+,25-,29+,30+/m1/s1. The van der Waals surface area contributed by atoms with Crippen molar-refractivity contribution in [2.24, 2.45) is 11.8 Å². The number of rotatable bonds is 5. The monoisotopic (exact) mass is 523 g/mol. The molecule has 0 aromatic heterocycles. The predicted molar refractivity (Wildman–Crippen MR) is 141 cm³/mol. The molecule has 3 aliphatic heterocycles. The lowest BCUT2D eigenvalue weighted by Gasteiger charge is -2.38. The van der Waals surface area contributed by atoms with Crippen LogP contribution in [0.15, 0.2) is 36.4 Å². The molecule has 6 rings (SSSR count). The molecule has 2 aliphatic carbocycles. The van der Waals surface area contributed by atoms with Gasteiger partial charge in [0.1, 0.15) is 17.5 Å². The second-order valence-corrected chi connectivity index (χ2v) is 12.1. The molecule has 1 spiro atoms. The van der Waals surface area contributed by atoms with E-state index in [0.29, 0.717) is 5.69 Å². The summed E-state index contributed by atoms with van der Waals surface area (Å²) < 4.78 is 20.1. The van der Waals surface area contributed by atoms with Crippen molar-refractivity contribution in [1.29, 1.82) is 0 Å². The van der Waals surface area contributed by atoms with E-state index in [-0.39, 0.29) is 29.8 Å². The minimum absolute atomic E-state index is 0.0447. The number of anilines is 1. The maximum atomic E-state index is 14.3. The third-order valence-electron chi connectivity index (χ3n) is 9.55. The molecular weight excluding hydrogens is 485 g/mol. The lowest BCUT2D eigenvalue weighted by Crippen LogP contribution is -2.58. The van der Waals surface area contributed by atoms with Gasteiger partial charge < -0.3 is 20.3 Å². The molecule has 5 aliphatic rings. The number of hydrogen-bond donors (Lipinski definition) is 2. The van der Waals surface area contributed by atoms with E-state index in [1.807, 2.05) is 24.0 Å². The number of halogens is 1. The van der Waals surface area contributed by atoms with E-state index in [9.17, 15) is 18.8 Å². The molecule has 1 aromatic carbocycles. The topological polar surface area (TPSA) is 87.7 Å². The van der Waals surface area contributed by atoms with Crippen molar-refractivity contribution in [3.63, 3.8) is 0 Å². The van der Waals surface area contributed by atoms with Gasteiger partial charge in [0.05, 0.1) is 17.4 Å². The summed E-state index contributed by atoms with van der Waals surface area (Å²) in [5.74, 6) is -2.65. The highest BCUT2D eigenvalue weighted by molar-refractivity contribution is 6.03. The maximum absolute atomic E-state index is 14.3. The van der Waals surface area contributed by atoms with Crippen LogP contribution in [0, 0.1) is 17.7 Å². The van der Waals surface area contributed by atoms with E-state index in [0.717, 1.165) is 64.2 Å². The quantitative estimate of drug-likeness (QED) is 0.440. The predicted octanol–water partition coefficient (Wildman–Crippen LogP) is 4.48. The minimum atomic E-state index is -1.18. The fraction of sp³-hybridized carbons (Fsp3) is 0.633. The first-order valence-electron chi connectivity index (χ1n) is 14.4. The van der Waals surface area contributed by atoms with Crippen LogP contribution in [0.2, 0.25) is 0 Å². The summed E-state index contributed by atoms with van der Waals surface area (Å²) in [5, 5.41) is 6.15. The molecular formula is C30H38FN3O4. The van der Waals surface area contributed by atoms with E-state index in [4.69, 9.17) is 4.74 Å². The summed E-state index contributed by atoms with van der Waals surface area (Å²) in [5.41, 5.74) is -1.73. The number of benzene rings is 1. The first-order chi connectivity index (χ1) is 18.3. The maximum Gasteiger partial charge on any atom is 0.246 e. The van der Waals surface area contributed by atoms with Crippen molar-refractivity contribution in [1.82, 2.24) is 10.2 Å². The minimum Gasteiger partial charge on any atom is -0.356 e. The van der Waals surface area contributed by atoms with Crippen LogP contribution in [0.4, 0.5) is 10.1 Å². The smallest absolute Gasteiger partial charge is 0.246 e. The molecule has 2 bridgehead atoms. The highest BCUT2D eigenvalue weighted by Gasteiger charge is 2.76. The van der Waals surface area contributed by atoms with Crippen LogP contribution in [0.25, 0.3) is 0 Å². The number of nitrogens with zero attached hydrogens (tertiary/aromatic N) is 1. The highest BCUT2D eigenvalue weighted by atomic mass is 19.1. The number of hydrogen-bond acceptors (Lipinski definition) is 4. The number of amides is 3. The van der Waals surface area contributed by atoms with Crippen LogP contribution in [0.5, 0.6) is 0 Å². The molecule has 0 unspecified atom stereocenters. The van der Waals surface area contributed by atoms with Gasteiger partial charge in [0.25, 0.3) is 0 Å². The van der Waals surface area contributed by atoms with E-state index < -0.39 is 34.9 Å². The third kappa shape index (κ3) is 4.16. The Hall–Kier alpha value is -2.74. The van der Waals surface area contributed by atoms with Gasteiger partial charge in [0.2, 0.25) is 17.7 Å². The van der Waals surface area contributed by atoms with Gasteiger partial charge in [-0.3, -0.25) is 14.4 Å². The van der Waals surface area contributed by atoms with Crippen molar-refractivity contribution in [2.45, 2.75) is 107 Å². The fourth-order valence-electron chi connectivity index (χ4n) is 7.78. The van der Waals surface area contributed by atoms with E-state index in [1.165, 1.54) is 30.7 Å². The summed E-state index contributed by atoms with van der Waals surface area (Å²) in [7, 11) is 0. The van der Waals surface area contributed by atoms with Crippen molar-refractivity contribution in [3.05, 3.63) is 42.2 Å². The molecule has 4 fully saturated rings. The Bertz CT molecular complexity index is 1120. The van der Waals surface area contributed by atoms with Gasteiger partial charge in [-0.05, 0) is 56.9 Å². The van der Waals surface area contributed by atoms with Crippen LogP contribution in [0.1, 0.15) is 77.6 Å². The second-order valence-electron chi connectivity index (χ2n) is 12.1. The molecule has 5 atom stereocenters. The molecule has 2 saturated carbocycles. The Balaban J connectivity index is 1.35. The average molecular weight is 524 g/mol. The van der Waals surface area contributed by atoms with E-state index in [1.54, 1.807) is 0 Å². The van der Waals surface area contributed by atoms with Crippen LogP contribution in [0.3, 0.4) is 0 Å². The fourth-order valence-corrected chi connectivity index (χ4v) is 7.78. The van der Waals surface area contributed by atoms with Crippen molar-refractivity contribution >= 4 is 23.4 Å². The molecule has 2 N–H and O–H groups in total. The highest BCUT2D eigenvalue weighted by Crippen LogP contribution is 2.60. The lowest BCUT2D eigenvalue weighted by atomic mass is 9.70. The van der Waals surface area contributed by atoms with Gasteiger partial charge in [0.15, 0.2) is 0 Å². The molecule has 1 aromatic rings. The Morgan fingerprint density at radius 3 is 2.24 bits per heavy atom. The summed E-state index contributed by atoms with van der Waals surface area (Å²) in [6.07, 6.45) is 15.0. The van der Waals surface area contributed by atoms with Gasteiger partial charge in [-0.2, -0.15) is 0 Å². The number of carbonyl (C=O) groups excluding carboxylic acids is 3. The van der Waals surface area contributed by atoms with Crippen LogP contribution >= 0.6 is 0 Å². The zero-order valence-electron chi connectivity index (χ0n) is 22.1. The zero-order chi connectivity index (χ0) is 26.5. The molecule has 38 heavy (non-hydrogen) atoms. The largest absolute Gasteiger partial charge is 0.356 e. The Kier molecular flexibility index (Phi) is 6.57. The van der Waals surface area contributed by atoms with Gasteiger partial charge in [-0.15, -0.1) is 0 Å². The van der Waals surface area contributed by atoms with Gasteiger partial charge in [0, 0.05) is 17.8 Å². The van der Waals surface area contributed by atoms with Crippen LogP contribution < -0.4 is 10.6 Å². The zero-order valence-corrected chi connectivity index (χ0v) is 22.1. The molecule has 2 saturated heterocycles. The Morgan fingerprint density at radius 2 is 1.55 bits per heavy atom. The van der Waals surface area contributed by atoms with E-state index in [2.05, 4.69) is 10.6 Å². The third-order valence-corrected chi connectivity index (χ3v) is 9.55. The SMILES string of the molecule is C[C@@]12C=C[C@]3(O1)[C@H](C(=O)N(C1CCCCCC1)[C@@H]3C(=O)NC1CCCCC1)[C@@H]2C(=O)Nc1ccc(F)cc1.